The summed E-state index contributed by atoms with van der Waals surface area (Å²) in [6.45, 7) is 3.18. The SMILES string of the molecule is NC(=O)c1ccc(C(=O)c2ccc3[nH]c(O)c(C=Nc4ccc(N5CCOCC5)cc4)c3c2)cc1. The first-order valence-corrected chi connectivity index (χ1v) is 11.3. The molecule has 8 heteroatoms. The molecule has 0 aliphatic carbocycles. The molecular weight excluding hydrogens is 444 g/mol. The predicted molar refractivity (Wildman–Crippen MR) is 135 cm³/mol. The van der Waals surface area contributed by atoms with Gasteiger partial charge < -0.3 is 25.5 Å². The fourth-order valence-corrected chi connectivity index (χ4v) is 4.13. The Bertz CT molecular complexity index is 1420. The number of aromatic amines is 1. The van der Waals surface area contributed by atoms with Crippen LogP contribution < -0.4 is 10.6 Å². The van der Waals surface area contributed by atoms with Gasteiger partial charge >= 0.3 is 0 Å². The zero-order valence-corrected chi connectivity index (χ0v) is 18.9. The first kappa shape index (κ1) is 22.4. The fourth-order valence-electron chi connectivity index (χ4n) is 4.13. The molecule has 5 rings (SSSR count). The maximum atomic E-state index is 13.0. The monoisotopic (exact) mass is 468 g/mol. The Morgan fingerprint density at radius 1 is 0.943 bits per heavy atom. The van der Waals surface area contributed by atoms with Gasteiger partial charge in [0.1, 0.15) is 0 Å². The third-order valence-electron chi connectivity index (χ3n) is 6.08. The van der Waals surface area contributed by atoms with Gasteiger partial charge in [-0.1, -0.05) is 12.1 Å². The van der Waals surface area contributed by atoms with Crippen LogP contribution in [-0.2, 0) is 4.74 Å². The number of ether oxygens (including phenoxy) is 1. The van der Waals surface area contributed by atoms with Crippen molar-refractivity contribution in [1.29, 1.82) is 0 Å². The molecule has 0 atom stereocenters. The van der Waals surface area contributed by atoms with E-state index in [1.54, 1.807) is 36.5 Å². The molecule has 176 valence electrons. The minimum atomic E-state index is -0.548. The molecule has 4 N–H and O–H groups in total. The molecule has 1 aliphatic heterocycles. The average Bonchev–Trinajstić information content (AvgIpc) is 3.22. The van der Waals surface area contributed by atoms with Crippen LogP contribution in [0.4, 0.5) is 11.4 Å². The number of primary amides is 1. The fraction of sp³-hybridized carbons (Fsp3) is 0.148. The number of fused-ring (bicyclic) bond motifs is 1. The molecule has 0 bridgehead atoms. The summed E-state index contributed by atoms with van der Waals surface area (Å²) in [5.41, 5.74) is 9.55. The van der Waals surface area contributed by atoms with Gasteiger partial charge in [-0.15, -0.1) is 0 Å². The normalized spacial score (nSPS) is 14.0. The Labute approximate surface area is 201 Å². The van der Waals surface area contributed by atoms with Crippen LogP contribution in [0.2, 0.25) is 0 Å². The lowest BCUT2D eigenvalue weighted by Crippen LogP contribution is -2.36. The van der Waals surface area contributed by atoms with Crippen molar-refractivity contribution in [2.75, 3.05) is 31.2 Å². The number of hydrogen-bond donors (Lipinski definition) is 3. The van der Waals surface area contributed by atoms with Gasteiger partial charge in [-0.25, -0.2) is 0 Å². The van der Waals surface area contributed by atoms with Gasteiger partial charge in [-0.05, 0) is 54.6 Å². The zero-order valence-electron chi connectivity index (χ0n) is 18.9. The summed E-state index contributed by atoms with van der Waals surface area (Å²) in [5, 5.41) is 11.1. The van der Waals surface area contributed by atoms with Crippen molar-refractivity contribution in [2.24, 2.45) is 10.7 Å². The molecule has 0 spiro atoms. The number of rotatable bonds is 6. The number of benzene rings is 3. The van der Waals surface area contributed by atoms with E-state index in [9.17, 15) is 14.7 Å². The number of aromatic hydroxyl groups is 1. The van der Waals surface area contributed by atoms with Gasteiger partial charge in [-0.2, -0.15) is 0 Å². The van der Waals surface area contributed by atoms with Gasteiger partial charge in [0.05, 0.1) is 24.5 Å². The molecule has 4 aromatic rings. The van der Waals surface area contributed by atoms with Crippen molar-refractivity contribution in [3.63, 3.8) is 0 Å². The van der Waals surface area contributed by atoms with Crippen molar-refractivity contribution < 1.29 is 19.4 Å². The average molecular weight is 469 g/mol. The molecule has 1 amide bonds. The highest BCUT2D eigenvalue weighted by molar-refractivity contribution is 6.12. The van der Waals surface area contributed by atoms with Gasteiger partial charge in [-0.3, -0.25) is 14.6 Å². The number of morpholine rings is 1. The van der Waals surface area contributed by atoms with Crippen LogP contribution in [0.1, 0.15) is 31.8 Å². The van der Waals surface area contributed by atoms with Crippen molar-refractivity contribution in [3.05, 3.63) is 89.0 Å². The Hall–Kier alpha value is -4.43. The molecule has 1 aromatic heterocycles. The molecule has 1 saturated heterocycles. The van der Waals surface area contributed by atoms with Crippen LogP contribution in [0.25, 0.3) is 10.9 Å². The van der Waals surface area contributed by atoms with E-state index in [0.29, 0.717) is 33.2 Å². The van der Waals surface area contributed by atoms with E-state index in [1.807, 2.05) is 24.3 Å². The first-order valence-electron chi connectivity index (χ1n) is 11.3. The summed E-state index contributed by atoms with van der Waals surface area (Å²) < 4.78 is 5.40. The third kappa shape index (κ3) is 4.64. The highest BCUT2D eigenvalue weighted by Crippen LogP contribution is 2.28. The van der Waals surface area contributed by atoms with Crippen molar-refractivity contribution in [2.45, 2.75) is 0 Å². The van der Waals surface area contributed by atoms with Crippen molar-refractivity contribution in [1.82, 2.24) is 4.98 Å². The lowest BCUT2D eigenvalue weighted by molar-refractivity contribution is 0.0996. The van der Waals surface area contributed by atoms with Crippen LogP contribution in [-0.4, -0.2) is 54.3 Å². The van der Waals surface area contributed by atoms with Crippen molar-refractivity contribution >= 4 is 40.2 Å². The largest absolute Gasteiger partial charge is 0.494 e. The number of carbonyl (C=O) groups is 2. The van der Waals surface area contributed by atoms with Crippen LogP contribution in [0, 0.1) is 0 Å². The van der Waals surface area contributed by atoms with Gasteiger partial charge in [0.25, 0.3) is 0 Å². The van der Waals surface area contributed by atoms with Gasteiger partial charge in [0, 0.05) is 52.6 Å². The van der Waals surface area contributed by atoms with Crippen LogP contribution >= 0.6 is 0 Å². The number of hydrogen-bond acceptors (Lipinski definition) is 6. The standard InChI is InChI=1S/C27H24N4O4/c28-26(33)18-3-1-17(2-4-18)25(32)19-5-10-24-22(15-19)23(27(34)30-24)16-29-20-6-8-21(9-7-20)31-11-13-35-14-12-31/h1-10,15-16,30,34H,11-14H2,(H2,28,33). The summed E-state index contributed by atoms with van der Waals surface area (Å²) in [4.78, 5) is 34.0. The maximum absolute atomic E-state index is 13.0. The van der Waals surface area contributed by atoms with E-state index in [4.69, 9.17) is 10.5 Å². The number of carbonyl (C=O) groups excluding carboxylic acids is 2. The molecule has 0 unspecified atom stereocenters. The van der Waals surface area contributed by atoms with Gasteiger partial charge in [0.2, 0.25) is 5.91 Å². The predicted octanol–water partition coefficient (Wildman–Crippen LogP) is 3.79. The summed E-state index contributed by atoms with van der Waals surface area (Å²) in [6, 6.07) is 19.3. The van der Waals surface area contributed by atoms with E-state index in [2.05, 4.69) is 14.9 Å². The van der Waals surface area contributed by atoms with E-state index >= 15 is 0 Å². The minimum absolute atomic E-state index is 0.0240. The molecule has 0 radical (unpaired) electrons. The molecule has 2 heterocycles. The minimum Gasteiger partial charge on any atom is -0.494 e. The number of amides is 1. The number of aromatic nitrogens is 1. The lowest BCUT2D eigenvalue weighted by atomic mass is 10.00. The Balaban J connectivity index is 1.40. The maximum Gasteiger partial charge on any atom is 0.248 e. The Kier molecular flexibility index (Phi) is 6.03. The second kappa shape index (κ2) is 9.44. The Morgan fingerprint density at radius 3 is 2.29 bits per heavy atom. The number of ketones is 1. The summed E-state index contributed by atoms with van der Waals surface area (Å²) in [6.07, 6.45) is 1.59. The van der Waals surface area contributed by atoms with E-state index < -0.39 is 5.91 Å². The van der Waals surface area contributed by atoms with Crippen LogP contribution in [0.15, 0.2) is 71.7 Å². The highest BCUT2D eigenvalue weighted by Gasteiger charge is 2.15. The van der Waals surface area contributed by atoms with E-state index in [-0.39, 0.29) is 11.7 Å². The summed E-state index contributed by atoms with van der Waals surface area (Å²) in [5.74, 6) is -0.776. The molecule has 1 fully saturated rings. The summed E-state index contributed by atoms with van der Waals surface area (Å²) in [7, 11) is 0. The van der Waals surface area contributed by atoms with Crippen molar-refractivity contribution in [3.8, 4) is 5.88 Å². The zero-order chi connectivity index (χ0) is 24.4. The highest BCUT2D eigenvalue weighted by atomic mass is 16.5. The number of nitrogens with two attached hydrogens (primary N) is 1. The molecule has 3 aromatic carbocycles. The van der Waals surface area contributed by atoms with E-state index in [1.165, 1.54) is 12.1 Å². The third-order valence-corrected chi connectivity index (χ3v) is 6.08. The number of H-pyrrole nitrogens is 1. The van der Waals surface area contributed by atoms with E-state index in [0.717, 1.165) is 37.7 Å². The Morgan fingerprint density at radius 2 is 1.60 bits per heavy atom. The topological polar surface area (TPSA) is 121 Å². The molecular formula is C27H24N4O4. The second-order valence-electron chi connectivity index (χ2n) is 8.29. The molecule has 1 aliphatic rings. The van der Waals surface area contributed by atoms with Crippen LogP contribution in [0.5, 0.6) is 5.88 Å². The quantitative estimate of drug-likeness (QED) is 0.294. The number of aliphatic imine (C=N–C) groups is 1. The smallest absolute Gasteiger partial charge is 0.248 e. The second-order valence-corrected chi connectivity index (χ2v) is 8.29. The molecule has 35 heavy (non-hydrogen) atoms. The summed E-state index contributed by atoms with van der Waals surface area (Å²) >= 11 is 0. The number of nitrogens with zero attached hydrogens (tertiary/aromatic N) is 2. The number of nitrogens with one attached hydrogen (secondary N) is 1. The molecule has 8 nitrogen and oxygen atoms in total. The van der Waals surface area contributed by atoms with Crippen LogP contribution in [0.3, 0.4) is 0 Å². The first-order chi connectivity index (χ1) is 17.0. The number of anilines is 1. The lowest BCUT2D eigenvalue weighted by Gasteiger charge is -2.28. The molecule has 0 saturated carbocycles. The van der Waals surface area contributed by atoms with Gasteiger partial charge in [0.15, 0.2) is 11.7 Å².